The minimum atomic E-state index is -5.81. The molecule has 0 spiro atoms. The maximum absolute atomic E-state index is 13.6. The highest BCUT2D eigenvalue weighted by Crippen LogP contribution is 2.68. The van der Waals surface area contributed by atoms with Crippen LogP contribution in [0.1, 0.15) is 37.7 Å². The normalized spacial score (nSPS) is 15.9. The Kier molecular flexibility index (Phi) is 9.54. The Morgan fingerprint density at radius 2 is 1.29 bits per heavy atom. The number of benzene rings is 3. The number of alkyl halides is 3. The van der Waals surface area contributed by atoms with Crippen molar-refractivity contribution >= 4 is 20.4 Å². The van der Waals surface area contributed by atoms with E-state index in [1.165, 1.54) is 19.3 Å². The Hall–Kier alpha value is -2.37. The van der Waals surface area contributed by atoms with Gasteiger partial charge in [0.15, 0.2) is 0 Å². The molecule has 206 valence electrons. The average Bonchev–Trinajstić information content (AvgIpc) is 2.93. The molecule has 3 aromatic carbocycles. The Balaban J connectivity index is 1.59. The van der Waals surface area contributed by atoms with Crippen LogP contribution in [0.15, 0.2) is 99.6 Å². The molecule has 1 aliphatic rings. The third kappa shape index (κ3) is 6.79. The number of hydrogen-bond acceptors (Lipinski definition) is 4. The van der Waals surface area contributed by atoms with E-state index in [0.29, 0.717) is 27.7 Å². The summed E-state index contributed by atoms with van der Waals surface area (Å²) in [6.07, 6.45) is 6.58. The van der Waals surface area contributed by atoms with E-state index >= 15 is 0 Å². The molecule has 38 heavy (non-hydrogen) atoms. The van der Waals surface area contributed by atoms with E-state index in [0.717, 1.165) is 18.4 Å². The van der Waals surface area contributed by atoms with Crippen LogP contribution in [0.4, 0.5) is 13.2 Å². The molecule has 0 heterocycles. The second-order valence-electron chi connectivity index (χ2n) is 9.05. The number of hydrogen-bond donors (Lipinski definition) is 0. The van der Waals surface area contributed by atoms with Gasteiger partial charge in [-0.3, -0.25) is 3.63 Å². The third-order valence-electron chi connectivity index (χ3n) is 6.41. The summed E-state index contributed by atoms with van der Waals surface area (Å²) in [6, 6.07) is 23.5. The van der Waals surface area contributed by atoms with Crippen molar-refractivity contribution in [2.24, 2.45) is 0 Å². The Morgan fingerprint density at radius 1 is 0.763 bits per heavy atom. The molecule has 10 heteroatoms. The first-order valence-corrected chi connectivity index (χ1v) is 15.5. The lowest BCUT2D eigenvalue weighted by Crippen LogP contribution is -2.30. The highest BCUT2D eigenvalue weighted by molar-refractivity contribution is 8.32. The van der Waals surface area contributed by atoms with Crippen molar-refractivity contribution in [2.75, 3.05) is 13.4 Å². The van der Waals surface area contributed by atoms with Crippen LogP contribution >= 0.6 is 10.3 Å². The van der Waals surface area contributed by atoms with Gasteiger partial charge >= 0.3 is 15.6 Å². The maximum Gasteiger partial charge on any atom is 0.572 e. The van der Waals surface area contributed by atoms with Gasteiger partial charge < -0.3 is 9.47 Å². The molecule has 0 unspecified atom stereocenters. The van der Waals surface area contributed by atoms with Crippen molar-refractivity contribution in [3.63, 3.8) is 0 Å². The van der Waals surface area contributed by atoms with E-state index in [9.17, 15) is 21.6 Å². The van der Waals surface area contributed by atoms with Crippen molar-refractivity contribution in [1.29, 1.82) is 0 Å². The molecule has 3 aromatic rings. The second-order valence-corrected chi connectivity index (χ2v) is 13.6. The summed E-state index contributed by atoms with van der Waals surface area (Å²) in [4.78, 5) is 1.15. The maximum atomic E-state index is 13.6. The molecule has 1 saturated carbocycles. The van der Waals surface area contributed by atoms with Gasteiger partial charge in [-0.2, -0.15) is 13.2 Å². The molecular weight excluding hydrogens is 537 g/mol. The lowest BCUT2D eigenvalue weighted by molar-refractivity contribution is -0.0975. The highest BCUT2D eigenvalue weighted by Gasteiger charge is 2.57. The first-order chi connectivity index (χ1) is 18.2. The summed E-state index contributed by atoms with van der Waals surface area (Å²) < 4.78 is 80.8. The van der Waals surface area contributed by atoms with Crippen molar-refractivity contribution in [3.8, 4) is 0 Å². The van der Waals surface area contributed by atoms with Crippen molar-refractivity contribution in [2.45, 2.75) is 64.8 Å². The van der Waals surface area contributed by atoms with E-state index in [1.54, 1.807) is 84.9 Å². The lowest BCUT2D eigenvalue weighted by Gasteiger charge is -2.34. The minimum absolute atomic E-state index is 0.228. The molecule has 1 N–H and O–H groups in total. The van der Waals surface area contributed by atoms with Crippen molar-refractivity contribution in [3.05, 3.63) is 90.5 Å². The summed E-state index contributed by atoms with van der Waals surface area (Å²) in [6.45, 7) is 0.653. The largest absolute Gasteiger partial charge is 0.572 e. The molecule has 0 aromatic heterocycles. The minimum Gasteiger partial charge on any atom is -0.355 e. The van der Waals surface area contributed by atoms with E-state index < -0.39 is 25.9 Å². The van der Waals surface area contributed by atoms with Crippen LogP contribution in [0.25, 0.3) is 0 Å². The molecule has 0 bridgehead atoms. The van der Waals surface area contributed by atoms with Gasteiger partial charge in [0.25, 0.3) is 0 Å². The predicted octanol–water partition coefficient (Wildman–Crippen LogP) is 7.69. The van der Waals surface area contributed by atoms with Crippen LogP contribution in [0.5, 0.6) is 0 Å². The number of halogens is 3. The number of ether oxygens (including phenoxy) is 2. The fourth-order valence-electron chi connectivity index (χ4n) is 4.44. The van der Waals surface area contributed by atoms with Crippen LogP contribution in [0, 0.1) is 0 Å². The molecule has 0 saturated heterocycles. The summed E-state index contributed by atoms with van der Waals surface area (Å²) in [7, 11) is -8.98. The van der Waals surface area contributed by atoms with Crippen molar-refractivity contribution < 1.29 is 34.7 Å². The first-order valence-electron chi connectivity index (χ1n) is 12.5. The SMILES string of the molecule is O=S(=O)([OH+]S(c1ccccc1)(c1ccccc1)c1ccc(CCOCOC2CCCCC2)cc1)C(F)(F)F. The zero-order valence-corrected chi connectivity index (χ0v) is 22.5. The predicted molar refractivity (Wildman–Crippen MR) is 142 cm³/mol. The molecule has 0 aliphatic heterocycles. The summed E-state index contributed by atoms with van der Waals surface area (Å²) in [5.74, 6) is 0. The third-order valence-corrected chi connectivity index (χ3v) is 11.5. The molecule has 5 nitrogen and oxygen atoms in total. The van der Waals surface area contributed by atoms with Gasteiger partial charge in [-0.15, -0.1) is 8.42 Å². The van der Waals surface area contributed by atoms with Crippen LogP contribution in [-0.4, -0.2) is 37.1 Å². The van der Waals surface area contributed by atoms with E-state index in [1.807, 2.05) is 0 Å². The summed E-state index contributed by atoms with van der Waals surface area (Å²) >= 11 is 0. The average molecular weight is 570 g/mol. The Bertz CT molecular complexity index is 1210. The van der Waals surface area contributed by atoms with Gasteiger partial charge in [-0.1, -0.05) is 67.8 Å². The quantitative estimate of drug-likeness (QED) is 0.0781. The fraction of sp³-hybridized carbons (Fsp3) is 0.357. The lowest BCUT2D eigenvalue weighted by atomic mass is 9.98. The first kappa shape index (κ1) is 28.6. The molecule has 0 amide bonds. The highest BCUT2D eigenvalue weighted by atomic mass is 32.3. The van der Waals surface area contributed by atoms with Crippen LogP contribution < -0.4 is 0 Å². The van der Waals surface area contributed by atoms with Crippen LogP contribution in [0.3, 0.4) is 0 Å². The molecular formula is C28H32F3O5S2+. The molecule has 1 fully saturated rings. The monoisotopic (exact) mass is 569 g/mol. The zero-order valence-electron chi connectivity index (χ0n) is 20.8. The van der Waals surface area contributed by atoms with E-state index in [4.69, 9.17) is 9.47 Å². The van der Waals surface area contributed by atoms with Gasteiger partial charge in [-0.05, 0) is 61.2 Å². The molecule has 0 atom stereocenters. The van der Waals surface area contributed by atoms with Crippen molar-refractivity contribution in [1.82, 2.24) is 0 Å². The van der Waals surface area contributed by atoms with Gasteiger partial charge in [0.2, 0.25) is 0 Å². The van der Waals surface area contributed by atoms with Crippen LogP contribution in [0.2, 0.25) is 0 Å². The summed E-state index contributed by atoms with van der Waals surface area (Å²) in [5, 5.41) is 0. The molecule has 4 rings (SSSR count). The van der Waals surface area contributed by atoms with E-state index in [-0.39, 0.29) is 12.9 Å². The van der Waals surface area contributed by atoms with Gasteiger partial charge in [-0.25, -0.2) is 0 Å². The second kappa shape index (κ2) is 12.7. The zero-order chi connectivity index (χ0) is 27.1. The standard InChI is InChI=1S/C28H31F3O5S2/c29-28(30,31)38(32,33)36-37(25-12-6-2-7-13-25,26-14-8-3-9-15-26)27-18-16-23(17-19-27)20-21-34-22-35-24-10-4-1-5-11-24/h2-3,6-9,12-19,24H,1,4-5,10-11,20-22H2/p+1. The van der Waals surface area contributed by atoms with E-state index in [2.05, 4.69) is 3.63 Å². The van der Waals surface area contributed by atoms with Crippen LogP contribution in [-0.2, 0) is 26.0 Å². The smallest absolute Gasteiger partial charge is 0.355 e. The Labute approximate surface area is 223 Å². The summed E-state index contributed by atoms with van der Waals surface area (Å²) in [5.41, 5.74) is -4.62. The van der Waals surface area contributed by atoms with Gasteiger partial charge in [0.05, 0.1) is 37.7 Å². The van der Waals surface area contributed by atoms with Gasteiger partial charge in [0.1, 0.15) is 6.79 Å². The number of rotatable bonds is 11. The molecule has 1 aliphatic carbocycles. The topological polar surface area (TPSA) is 65.4 Å². The fourth-order valence-corrected chi connectivity index (χ4v) is 9.44. The molecule has 0 radical (unpaired) electrons. The Morgan fingerprint density at radius 3 is 1.82 bits per heavy atom. The van der Waals surface area contributed by atoms with Gasteiger partial charge in [0, 0.05) is 0 Å².